The molecule has 3 aromatic rings. The Morgan fingerprint density at radius 2 is 1.71 bits per heavy atom. The number of carbonyl (C=O) groups excluding carboxylic acids is 1. The predicted octanol–water partition coefficient (Wildman–Crippen LogP) is 5.24. The molecule has 2 unspecified atom stereocenters. The zero-order valence-corrected chi connectivity index (χ0v) is 14.6. The predicted molar refractivity (Wildman–Crippen MR) is 98.1 cm³/mol. The molecule has 1 saturated heterocycles. The summed E-state index contributed by atoms with van der Waals surface area (Å²) in [6.07, 6.45) is 0. The van der Waals surface area contributed by atoms with Gasteiger partial charge in [-0.25, -0.2) is 4.98 Å². The van der Waals surface area contributed by atoms with E-state index in [1.165, 1.54) is 0 Å². The van der Waals surface area contributed by atoms with E-state index in [9.17, 15) is 4.79 Å². The lowest BCUT2D eigenvalue weighted by Gasteiger charge is -2.45. The van der Waals surface area contributed by atoms with Crippen LogP contribution in [-0.2, 0) is 4.79 Å². The molecule has 0 radical (unpaired) electrons. The van der Waals surface area contributed by atoms with Gasteiger partial charge in [-0.3, -0.25) is 9.69 Å². The van der Waals surface area contributed by atoms with Gasteiger partial charge in [0.15, 0.2) is 0 Å². The average molecular weight is 378 g/mol. The largest absolute Gasteiger partial charge is 0.300 e. The van der Waals surface area contributed by atoms with Crippen molar-refractivity contribution in [2.45, 2.75) is 11.4 Å². The number of alkyl halides is 1. The van der Waals surface area contributed by atoms with Crippen LogP contribution < -0.4 is 4.90 Å². The van der Waals surface area contributed by atoms with Gasteiger partial charge in [0.05, 0.1) is 22.3 Å². The highest BCUT2D eigenvalue weighted by atomic mass is 35.5. The number of rotatable bonds is 2. The third-order valence-electron chi connectivity index (χ3n) is 4.16. The Morgan fingerprint density at radius 3 is 2.50 bits per heavy atom. The van der Waals surface area contributed by atoms with E-state index in [0.29, 0.717) is 15.9 Å². The SMILES string of the molecule is O=C1C(Cl)C(c2cc3ccccc3nc2Cl)N1c1ccccc1Cl. The lowest BCUT2D eigenvalue weighted by molar-refractivity contribution is -0.123. The van der Waals surface area contributed by atoms with Crippen molar-refractivity contribution in [2.75, 3.05) is 4.90 Å². The normalized spacial score (nSPS) is 20.3. The Kier molecular flexibility index (Phi) is 3.87. The van der Waals surface area contributed by atoms with Crippen LogP contribution in [0.25, 0.3) is 10.9 Å². The van der Waals surface area contributed by atoms with Crippen molar-refractivity contribution >= 4 is 57.3 Å². The van der Waals surface area contributed by atoms with E-state index >= 15 is 0 Å². The molecule has 1 aliphatic heterocycles. The standard InChI is InChI=1S/C18H11Cl3N2O/c19-12-6-2-4-8-14(12)23-16(15(20)18(23)24)11-9-10-5-1-3-7-13(10)22-17(11)21/h1-9,15-16H. The van der Waals surface area contributed by atoms with Crippen LogP contribution >= 0.6 is 34.8 Å². The summed E-state index contributed by atoms with van der Waals surface area (Å²) < 4.78 is 0. The van der Waals surface area contributed by atoms with Crippen LogP contribution in [0.1, 0.15) is 11.6 Å². The number of halogens is 3. The second-order valence-corrected chi connectivity index (χ2v) is 6.80. The number of aromatic nitrogens is 1. The smallest absolute Gasteiger partial charge is 0.248 e. The minimum absolute atomic E-state index is 0.195. The van der Waals surface area contributed by atoms with Crippen LogP contribution in [0.15, 0.2) is 54.6 Å². The number of para-hydroxylation sites is 2. The van der Waals surface area contributed by atoms with Gasteiger partial charge in [0.1, 0.15) is 10.5 Å². The Bertz CT molecular complexity index is 960. The van der Waals surface area contributed by atoms with Gasteiger partial charge in [0, 0.05) is 10.9 Å². The first-order chi connectivity index (χ1) is 11.6. The van der Waals surface area contributed by atoms with E-state index < -0.39 is 11.4 Å². The molecule has 24 heavy (non-hydrogen) atoms. The van der Waals surface area contributed by atoms with Gasteiger partial charge < -0.3 is 0 Å². The van der Waals surface area contributed by atoms with Gasteiger partial charge in [-0.2, -0.15) is 0 Å². The number of hydrogen-bond acceptors (Lipinski definition) is 2. The molecule has 1 fully saturated rings. The van der Waals surface area contributed by atoms with E-state index in [2.05, 4.69) is 4.98 Å². The zero-order valence-electron chi connectivity index (χ0n) is 12.3. The summed E-state index contributed by atoms with van der Waals surface area (Å²) in [5, 5.41) is 1.08. The molecule has 4 rings (SSSR count). The fourth-order valence-electron chi connectivity index (χ4n) is 2.98. The van der Waals surface area contributed by atoms with E-state index in [0.717, 1.165) is 16.5 Å². The van der Waals surface area contributed by atoms with Crippen molar-refractivity contribution in [1.29, 1.82) is 0 Å². The Labute approximate surface area is 153 Å². The third-order valence-corrected chi connectivity index (χ3v) is 5.21. The van der Waals surface area contributed by atoms with Crippen LogP contribution in [0.3, 0.4) is 0 Å². The van der Waals surface area contributed by atoms with Crippen molar-refractivity contribution in [1.82, 2.24) is 4.98 Å². The molecule has 1 amide bonds. The minimum Gasteiger partial charge on any atom is -0.300 e. The Morgan fingerprint density at radius 1 is 1.00 bits per heavy atom. The topological polar surface area (TPSA) is 33.2 Å². The highest BCUT2D eigenvalue weighted by Gasteiger charge is 2.49. The lowest BCUT2D eigenvalue weighted by Crippen LogP contribution is -2.56. The number of fused-ring (bicyclic) bond motifs is 1. The molecule has 0 spiro atoms. The molecule has 2 heterocycles. The first kappa shape index (κ1) is 15.7. The highest BCUT2D eigenvalue weighted by molar-refractivity contribution is 6.40. The highest BCUT2D eigenvalue weighted by Crippen LogP contribution is 2.46. The third kappa shape index (κ3) is 2.35. The van der Waals surface area contributed by atoms with E-state index in [1.54, 1.807) is 17.0 Å². The molecule has 0 saturated carbocycles. The van der Waals surface area contributed by atoms with Gasteiger partial charge >= 0.3 is 0 Å². The summed E-state index contributed by atoms with van der Waals surface area (Å²) in [7, 11) is 0. The first-order valence-electron chi connectivity index (χ1n) is 7.35. The molecule has 2 atom stereocenters. The molecule has 1 aliphatic rings. The molecule has 1 aromatic heterocycles. The summed E-state index contributed by atoms with van der Waals surface area (Å²) >= 11 is 18.9. The second kappa shape index (κ2) is 5.92. The zero-order chi connectivity index (χ0) is 16.8. The monoisotopic (exact) mass is 376 g/mol. The van der Waals surface area contributed by atoms with Gasteiger partial charge in [0.25, 0.3) is 0 Å². The summed E-state index contributed by atoms with van der Waals surface area (Å²) in [5.74, 6) is -0.195. The lowest BCUT2D eigenvalue weighted by atomic mass is 9.92. The molecule has 0 N–H and O–H groups in total. The molecule has 3 nitrogen and oxygen atoms in total. The van der Waals surface area contributed by atoms with Gasteiger partial charge in [-0.15, -0.1) is 11.6 Å². The summed E-state index contributed by atoms with van der Waals surface area (Å²) in [5.41, 5.74) is 2.14. The van der Waals surface area contributed by atoms with Crippen LogP contribution in [-0.4, -0.2) is 16.3 Å². The number of hydrogen-bond donors (Lipinski definition) is 0. The van der Waals surface area contributed by atoms with Crippen LogP contribution in [0.4, 0.5) is 5.69 Å². The number of carbonyl (C=O) groups is 1. The fraction of sp³-hybridized carbons (Fsp3) is 0.111. The quantitative estimate of drug-likeness (QED) is 0.348. The molecule has 2 aromatic carbocycles. The fourth-order valence-corrected chi connectivity index (χ4v) is 3.82. The van der Waals surface area contributed by atoms with E-state index in [1.807, 2.05) is 42.5 Å². The minimum atomic E-state index is -0.693. The maximum absolute atomic E-state index is 12.3. The maximum atomic E-state index is 12.3. The van der Waals surface area contributed by atoms with Crippen molar-refractivity contribution in [2.24, 2.45) is 0 Å². The number of amides is 1. The van der Waals surface area contributed by atoms with E-state index in [-0.39, 0.29) is 5.91 Å². The van der Waals surface area contributed by atoms with Crippen molar-refractivity contribution in [3.8, 4) is 0 Å². The van der Waals surface area contributed by atoms with Gasteiger partial charge in [0.2, 0.25) is 5.91 Å². The van der Waals surface area contributed by atoms with E-state index in [4.69, 9.17) is 34.8 Å². The first-order valence-corrected chi connectivity index (χ1v) is 8.54. The second-order valence-electron chi connectivity index (χ2n) is 5.57. The molecular weight excluding hydrogens is 367 g/mol. The van der Waals surface area contributed by atoms with Crippen LogP contribution in [0.2, 0.25) is 10.2 Å². The average Bonchev–Trinajstić information content (AvgIpc) is 2.59. The Balaban J connectivity index is 1.84. The maximum Gasteiger partial charge on any atom is 0.248 e. The summed E-state index contributed by atoms with van der Waals surface area (Å²) in [6.45, 7) is 0. The van der Waals surface area contributed by atoms with Crippen molar-refractivity contribution in [3.05, 3.63) is 70.3 Å². The van der Waals surface area contributed by atoms with Gasteiger partial charge in [-0.05, 0) is 24.3 Å². The van der Waals surface area contributed by atoms with Crippen LogP contribution in [0.5, 0.6) is 0 Å². The van der Waals surface area contributed by atoms with Crippen molar-refractivity contribution < 1.29 is 4.79 Å². The summed E-state index contributed by atoms with van der Waals surface area (Å²) in [4.78, 5) is 18.4. The molecule has 120 valence electrons. The molecule has 0 aliphatic carbocycles. The number of anilines is 1. The van der Waals surface area contributed by atoms with Crippen molar-refractivity contribution in [3.63, 3.8) is 0 Å². The molecule has 0 bridgehead atoms. The van der Waals surface area contributed by atoms with Crippen LogP contribution in [0, 0.1) is 0 Å². The molecular formula is C18H11Cl3N2O. The van der Waals surface area contributed by atoms with Gasteiger partial charge in [-0.1, -0.05) is 53.5 Å². The number of β-lactam (4-membered cyclic amide) rings is 1. The summed E-state index contributed by atoms with van der Waals surface area (Å²) in [6, 6.07) is 16.4. The molecule has 6 heteroatoms. The number of nitrogens with zero attached hydrogens (tertiary/aromatic N) is 2. The number of pyridine rings is 1. The number of benzene rings is 2. The Hall–Kier alpha value is -1.81.